The van der Waals surface area contributed by atoms with Gasteiger partial charge in [-0.05, 0) is 12.8 Å². The third-order valence-electron chi connectivity index (χ3n) is 9.45. The first-order chi connectivity index (χ1) is 23.2. The Hall–Kier alpha value is -0.710. The molecule has 0 aromatic rings. The van der Waals surface area contributed by atoms with Crippen molar-refractivity contribution in [1.29, 1.82) is 0 Å². The van der Waals surface area contributed by atoms with Gasteiger partial charge in [-0.15, -0.1) is 0 Å². The van der Waals surface area contributed by atoms with Crippen LogP contribution in [0.15, 0.2) is 0 Å². The summed E-state index contributed by atoms with van der Waals surface area (Å²) in [5.41, 5.74) is 0. The van der Waals surface area contributed by atoms with E-state index in [0.29, 0.717) is 26.1 Å². The fourth-order valence-electron chi connectivity index (χ4n) is 6.31. The van der Waals surface area contributed by atoms with Crippen LogP contribution < -0.4 is 0 Å². The third-order valence-corrected chi connectivity index (χ3v) is 10.4. The molecular formula is C42H82O4S. The lowest BCUT2D eigenvalue weighted by molar-refractivity contribution is -0.143. The lowest BCUT2D eigenvalue weighted by Gasteiger charge is -2.07. The topological polar surface area (TPSA) is 52.6 Å². The zero-order valence-corrected chi connectivity index (χ0v) is 32.7. The summed E-state index contributed by atoms with van der Waals surface area (Å²) < 4.78 is 10.7. The number of carbonyl (C=O) groups is 2. The molecule has 0 aliphatic rings. The van der Waals surface area contributed by atoms with E-state index in [2.05, 4.69) is 13.8 Å². The van der Waals surface area contributed by atoms with E-state index in [-0.39, 0.29) is 11.9 Å². The van der Waals surface area contributed by atoms with Crippen molar-refractivity contribution in [2.45, 2.75) is 232 Å². The molecule has 0 aromatic heterocycles. The molecule has 0 atom stereocenters. The number of hydrogen-bond donors (Lipinski definition) is 0. The highest BCUT2D eigenvalue weighted by Crippen LogP contribution is 2.16. The van der Waals surface area contributed by atoms with E-state index in [1.807, 2.05) is 0 Å². The third kappa shape index (κ3) is 41.4. The highest BCUT2D eigenvalue weighted by atomic mass is 32.2. The molecule has 0 saturated carbocycles. The minimum Gasteiger partial charge on any atom is -0.465 e. The molecule has 280 valence electrons. The van der Waals surface area contributed by atoms with Crippen molar-refractivity contribution in [3.05, 3.63) is 0 Å². The maximum absolute atomic E-state index is 12.0. The monoisotopic (exact) mass is 683 g/mol. The van der Waals surface area contributed by atoms with Crippen LogP contribution in [0.1, 0.15) is 232 Å². The number of esters is 2. The first kappa shape index (κ1) is 46.3. The molecule has 0 bridgehead atoms. The average Bonchev–Trinajstić information content (AvgIpc) is 3.07. The van der Waals surface area contributed by atoms with Crippen molar-refractivity contribution in [3.63, 3.8) is 0 Å². The summed E-state index contributed by atoms with van der Waals surface area (Å²) in [5.74, 6) is 1.39. The zero-order valence-electron chi connectivity index (χ0n) is 31.9. The summed E-state index contributed by atoms with van der Waals surface area (Å²) in [4.78, 5) is 23.9. The van der Waals surface area contributed by atoms with Crippen molar-refractivity contribution in [2.75, 3.05) is 24.7 Å². The number of carbonyl (C=O) groups excluding carboxylic acids is 2. The van der Waals surface area contributed by atoms with Gasteiger partial charge in [0, 0.05) is 24.3 Å². The van der Waals surface area contributed by atoms with E-state index in [0.717, 1.165) is 37.2 Å². The summed E-state index contributed by atoms with van der Waals surface area (Å²) in [5, 5.41) is 0. The number of rotatable bonds is 40. The lowest BCUT2D eigenvalue weighted by atomic mass is 10.0. The molecule has 5 heteroatoms. The lowest BCUT2D eigenvalue weighted by Crippen LogP contribution is -2.09. The van der Waals surface area contributed by atoms with Gasteiger partial charge in [-0.2, -0.15) is 11.8 Å². The molecule has 0 heterocycles. The van der Waals surface area contributed by atoms with E-state index in [4.69, 9.17) is 9.47 Å². The van der Waals surface area contributed by atoms with Gasteiger partial charge in [0.15, 0.2) is 0 Å². The maximum Gasteiger partial charge on any atom is 0.305 e. The SMILES string of the molecule is CCCCCCCCCCCCCCCCCCC(=O)OCCSCCOC(=O)CCCCCCCCCCCCCCCCCC. The van der Waals surface area contributed by atoms with Gasteiger partial charge in [0.1, 0.15) is 13.2 Å². The Morgan fingerprint density at radius 3 is 0.787 bits per heavy atom. The normalized spacial score (nSPS) is 11.3. The van der Waals surface area contributed by atoms with Crippen LogP contribution in [0.2, 0.25) is 0 Å². The molecule has 0 N–H and O–H groups in total. The van der Waals surface area contributed by atoms with Crippen LogP contribution in [0.3, 0.4) is 0 Å². The first-order valence-corrected chi connectivity index (χ1v) is 22.2. The van der Waals surface area contributed by atoms with Crippen LogP contribution in [0, 0.1) is 0 Å². The van der Waals surface area contributed by atoms with Gasteiger partial charge in [0.2, 0.25) is 0 Å². The Labute approximate surface area is 298 Å². The second-order valence-corrected chi connectivity index (χ2v) is 15.4. The zero-order chi connectivity index (χ0) is 34.1. The van der Waals surface area contributed by atoms with Crippen LogP contribution >= 0.6 is 11.8 Å². The van der Waals surface area contributed by atoms with Gasteiger partial charge in [0.25, 0.3) is 0 Å². The summed E-state index contributed by atoms with van der Waals surface area (Å²) in [6, 6.07) is 0. The Bertz CT molecular complexity index is 574. The van der Waals surface area contributed by atoms with Crippen LogP contribution in [0.25, 0.3) is 0 Å². The largest absolute Gasteiger partial charge is 0.465 e. The predicted molar refractivity (Wildman–Crippen MR) is 208 cm³/mol. The van der Waals surface area contributed by atoms with Crippen LogP contribution in [-0.2, 0) is 19.1 Å². The minimum atomic E-state index is -0.0683. The van der Waals surface area contributed by atoms with Crippen molar-refractivity contribution in [2.24, 2.45) is 0 Å². The van der Waals surface area contributed by atoms with Gasteiger partial charge in [-0.1, -0.05) is 206 Å². The number of thioether (sulfide) groups is 1. The molecule has 0 spiro atoms. The van der Waals surface area contributed by atoms with Crippen LogP contribution in [0.4, 0.5) is 0 Å². The molecule has 47 heavy (non-hydrogen) atoms. The van der Waals surface area contributed by atoms with Gasteiger partial charge < -0.3 is 9.47 Å². The standard InChI is InChI=1S/C42H82O4S/c1-3-5-7-9-11-13-15-17-19-21-23-25-27-29-31-33-35-41(43)45-37-39-47-40-38-46-42(44)36-34-32-30-28-26-24-22-20-18-16-14-12-10-8-6-4-2/h3-40H2,1-2H3. The molecule has 0 unspecified atom stereocenters. The first-order valence-electron chi connectivity index (χ1n) is 21.1. The van der Waals surface area contributed by atoms with Crippen LogP contribution in [-0.4, -0.2) is 36.7 Å². The molecule has 0 amide bonds. The minimum absolute atomic E-state index is 0.0683. The summed E-state index contributed by atoms with van der Waals surface area (Å²) in [6.07, 6.45) is 44.0. The molecule has 4 nitrogen and oxygen atoms in total. The predicted octanol–water partition coefficient (Wildman–Crippen LogP) is 14.1. The van der Waals surface area contributed by atoms with Gasteiger partial charge in [-0.3, -0.25) is 9.59 Å². The second-order valence-electron chi connectivity index (χ2n) is 14.2. The summed E-state index contributed by atoms with van der Waals surface area (Å²) in [6.45, 7) is 5.47. The fraction of sp³-hybridized carbons (Fsp3) is 0.952. The molecule has 0 aromatic carbocycles. The highest BCUT2D eigenvalue weighted by Gasteiger charge is 2.05. The Morgan fingerprint density at radius 2 is 0.553 bits per heavy atom. The number of unbranched alkanes of at least 4 members (excludes halogenated alkanes) is 30. The molecule has 0 fully saturated rings. The average molecular weight is 683 g/mol. The van der Waals surface area contributed by atoms with Gasteiger partial charge in [0.05, 0.1) is 0 Å². The summed E-state index contributed by atoms with van der Waals surface area (Å²) >= 11 is 1.68. The van der Waals surface area contributed by atoms with Crippen LogP contribution in [0.5, 0.6) is 0 Å². The van der Waals surface area contributed by atoms with E-state index < -0.39 is 0 Å². The molecule has 0 rings (SSSR count). The quantitative estimate of drug-likeness (QED) is 0.0475. The molecule has 0 aliphatic carbocycles. The molecule has 0 radical (unpaired) electrons. The molecule has 0 aliphatic heterocycles. The molecule has 0 saturated heterocycles. The van der Waals surface area contributed by atoms with E-state index in [9.17, 15) is 9.59 Å². The van der Waals surface area contributed by atoms with Gasteiger partial charge in [-0.25, -0.2) is 0 Å². The number of hydrogen-bond acceptors (Lipinski definition) is 5. The second kappa shape index (κ2) is 41.5. The van der Waals surface area contributed by atoms with Crippen molar-refractivity contribution >= 4 is 23.7 Å². The van der Waals surface area contributed by atoms with E-state index >= 15 is 0 Å². The number of ether oxygens (including phenoxy) is 2. The maximum atomic E-state index is 12.0. The molecular weight excluding hydrogens is 601 g/mol. The van der Waals surface area contributed by atoms with Gasteiger partial charge >= 0.3 is 11.9 Å². The van der Waals surface area contributed by atoms with Crippen molar-refractivity contribution in [1.82, 2.24) is 0 Å². The van der Waals surface area contributed by atoms with Crippen molar-refractivity contribution < 1.29 is 19.1 Å². The smallest absolute Gasteiger partial charge is 0.305 e. The Morgan fingerprint density at radius 1 is 0.340 bits per heavy atom. The van der Waals surface area contributed by atoms with E-state index in [1.54, 1.807) is 11.8 Å². The van der Waals surface area contributed by atoms with E-state index in [1.165, 1.54) is 180 Å². The highest BCUT2D eigenvalue weighted by molar-refractivity contribution is 7.99. The fourth-order valence-corrected chi connectivity index (χ4v) is 6.92. The Balaban J connectivity index is 3.24. The van der Waals surface area contributed by atoms with Crippen molar-refractivity contribution in [3.8, 4) is 0 Å². The summed E-state index contributed by atoms with van der Waals surface area (Å²) in [7, 11) is 0. The Kier molecular flexibility index (Phi) is 40.8.